The van der Waals surface area contributed by atoms with E-state index in [0.717, 1.165) is 17.6 Å². The summed E-state index contributed by atoms with van der Waals surface area (Å²) < 4.78 is 23.7. The van der Waals surface area contributed by atoms with Crippen LogP contribution in [0.3, 0.4) is 0 Å². The summed E-state index contributed by atoms with van der Waals surface area (Å²) in [4.78, 5) is 15.9. The summed E-state index contributed by atoms with van der Waals surface area (Å²) in [5, 5.41) is 4.07. The number of aromatic nitrogens is 3. The van der Waals surface area contributed by atoms with Gasteiger partial charge in [-0.1, -0.05) is 31.2 Å². The van der Waals surface area contributed by atoms with Crippen LogP contribution in [-0.2, 0) is 22.8 Å². The zero-order chi connectivity index (χ0) is 21.1. The number of nitrogens with zero attached hydrogens (tertiary/aromatic N) is 4. The molecule has 1 aromatic carbocycles. The van der Waals surface area contributed by atoms with Crippen LogP contribution in [0.15, 0.2) is 42.6 Å². The molecule has 1 N–H and O–H groups in total. The molecule has 0 spiro atoms. The van der Waals surface area contributed by atoms with Crippen molar-refractivity contribution in [2.75, 3.05) is 29.6 Å². The minimum absolute atomic E-state index is 0.282. The largest absolute Gasteiger partial charge is 0.365 e. The summed E-state index contributed by atoms with van der Waals surface area (Å²) in [6, 6.07) is 12.2. The molecular formula is C22H27N5O2S. The van der Waals surface area contributed by atoms with Gasteiger partial charge in [0.15, 0.2) is 5.65 Å². The van der Waals surface area contributed by atoms with Crippen molar-refractivity contribution in [1.29, 1.82) is 0 Å². The van der Waals surface area contributed by atoms with Gasteiger partial charge in [-0.15, -0.1) is 0 Å². The molecule has 30 heavy (non-hydrogen) atoms. The Bertz CT molecular complexity index is 1140. The molecule has 0 atom stereocenters. The maximum Gasteiger partial charge on any atom is 0.229 e. The molecular weight excluding hydrogens is 398 g/mol. The van der Waals surface area contributed by atoms with Crippen molar-refractivity contribution in [3.63, 3.8) is 0 Å². The molecule has 1 fully saturated rings. The van der Waals surface area contributed by atoms with E-state index < -0.39 is 9.84 Å². The number of pyridine rings is 1. The quantitative estimate of drug-likeness (QED) is 0.649. The maximum absolute atomic E-state index is 11.9. The third kappa shape index (κ3) is 4.38. The third-order valence-corrected chi connectivity index (χ3v) is 7.42. The number of hydrogen-bond donors (Lipinski definition) is 1. The van der Waals surface area contributed by atoms with Crippen molar-refractivity contribution in [2.24, 2.45) is 0 Å². The highest BCUT2D eigenvalue weighted by Gasteiger charge is 2.28. The number of fused-ring (bicyclic) bond motifs is 1. The van der Waals surface area contributed by atoms with E-state index in [0.29, 0.717) is 44.1 Å². The van der Waals surface area contributed by atoms with Gasteiger partial charge in [-0.2, -0.15) is 9.97 Å². The summed E-state index contributed by atoms with van der Waals surface area (Å²) >= 11 is 0. The topological polar surface area (TPSA) is 88.1 Å². The summed E-state index contributed by atoms with van der Waals surface area (Å²) in [5.74, 6) is 1.35. The van der Waals surface area contributed by atoms with Crippen LogP contribution >= 0.6 is 0 Å². The number of anilines is 2. The van der Waals surface area contributed by atoms with Gasteiger partial charge in [0.25, 0.3) is 0 Å². The summed E-state index contributed by atoms with van der Waals surface area (Å²) in [6.07, 6.45) is 5.21. The van der Waals surface area contributed by atoms with Gasteiger partial charge in [0.1, 0.15) is 15.7 Å². The minimum atomic E-state index is -3.01. The molecule has 3 aromatic rings. The summed E-state index contributed by atoms with van der Waals surface area (Å²) in [5.41, 5.74) is 3.19. The van der Waals surface area contributed by atoms with E-state index in [1.165, 1.54) is 17.4 Å². The number of piperidine rings is 1. The molecule has 3 heterocycles. The molecule has 0 amide bonds. The van der Waals surface area contributed by atoms with Crippen molar-refractivity contribution in [2.45, 2.75) is 38.0 Å². The van der Waals surface area contributed by atoms with Crippen LogP contribution in [0.4, 0.5) is 11.8 Å². The molecule has 7 nitrogen and oxygen atoms in total. The van der Waals surface area contributed by atoms with Crippen LogP contribution in [0.25, 0.3) is 11.0 Å². The molecule has 0 radical (unpaired) electrons. The Balaban J connectivity index is 1.60. The van der Waals surface area contributed by atoms with Gasteiger partial charge in [0, 0.05) is 32.1 Å². The van der Waals surface area contributed by atoms with E-state index in [9.17, 15) is 8.42 Å². The Morgan fingerprint density at radius 3 is 2.50 bits per heavy atom. The lowest BCUT2D eigenvalue weighted by molar-refractivity contribution is 0.530. The van der Waals surface area contributed by atoms with Gasteiger partial charge in [0.05, 0.1) is 10.6 Å². The number of benzene rings is 1. The van der Waals surface area contributed by atoms with Crippen LogP contribution in [-0.4, -0.2) is 48.0 Å². The van der Waals surface area contributed by atoms with Gasteiger partial charge in [0.2, 0.25) is 5.95 Å². The number of sulfone groups is 1. The van der Waals surface area contributed by atoms with Gasteiger partial charge < -0.3 is 10.2 Å². The van der Waals surface area contributed by atoms with Crippen molar-refractivity contribution in [3.05, 3.63) is 53.7 Å². The Hall–Kier alpha value is -2.74. The molecule has 0 saturated carbocycles. The molecule has 0 aliphatic carbocycles. The number of rotatable bonds is 6. The number of hydrogen-bond acceptors (Lipinski definition) is 7. The first-order chi connectivity index (χ1) is 14.5. The third-order valence-electron chi connectivity index (χ3n) is 5.74. The fourth-order valence-electron chi connectivity index (χ4n) is 3.96. The van der Waals surface area contributed by atoms with Crippen LogP contribution in [0.5, 0.6) is 0 Å². The second kappa shape index (κ2) is 8.55. The van der Waals surface area contributed by atoms with Crippen molar-refractivity contribution in [3.8, 4) is 0 Å². The zero-order valence-corrected chi connectivity index (χ0v) is 18.2. The lowest BCUT2D eigenvalue weighted by Gasteiger charge is -2.31. The zero-order valence-electron chi connectivity index (χ0n) is 17.4. The van der Waals surface area contributed by atoms with Gasteiger partial charge >= 0.3 is 0 Å². The molecule has 0 bridgehead atoms. The van der Waals surface area contributed by atoms with Crippen LogP contribution in [0.1, 0.15) is 30.9 Å². The smallest absolute Gasteiger partial charge is 0.229 e. The normalized spacial score (nSPS) is 15.5. The standard InChI is InChI=1S/C22H27N5O2S/c1-3-16-7-4-5-8-17(16)15-24-21-19-9-6-12-23-20(19)25-22(26-21)27-13-10-18(11-14-27)30(2,28)29/h4-9,12,18H,3,10-11,13-15H2,1-2H3,(H,23,24,25,26). The van der Waals surface area contributed by atoms with Crippen molar-refractivity contribution in [1.82, 2.24) is 15.0 Å². The van der Waals surface area contributed by atoms with Crippen LogP contribution in [0, 0.1) is 0 Å². The van der Waals surface area contributed by atoms with Crippen LogP contribution in [0.2, 0.25) is 0 Å². The summed E-state index contributed by atoms with van der Waals surface area (Å²) in [6.45, 7) is 4.06. The predicted octanol–water partition coefficient (Wildman–Crippen LogP) is 3.21. The van der Waals surface area contributed by atoms with Crippen LogP contribution < -0.4 is 10.2 Å². The minimum Gasteiger partial charge on any atom is -0.365 e. The first-order valence-electron chi connectivity index (χ1n) is 10.3. The highest BCUT2D eigenvalue weighted by Crippen LogP contribution is 2.26. The Labute approximate surface area is 177 Å². The Morgan fingerprint density at radius 1 is 1.07 bits per heavy atom. The Kier molecular flexibility index (Phi) is 5.85. The highest BCUT2D eigenvalue weighted by molar-refractivity contribution is 7.91. The van der Waals surface area contributed by atoms with Gasteiger partial charge in [-0.05, 0) is 42.5 Å². The summed E-state index contributed by atoms with van der Waals surface area (Å²) in [7, 11) is -3.01. The lowest BCUT2D eigenvalue weighted by atomic mass is 10.1. The predicted molar refractivity (Wildman–Crippen MR) is 121 cm³/mol. The fraction of sp³-hybridized carbons (Fsp3) is 0.409. The lowest BCUT2D eigenvalue weighted by Crippen LogP contribution is -2.39. The van der Waals surface area contributed by atoms with E-state index in [4.69, 9.17) is 4.98 Å². The number of nitrogens with one attached hydrogen (secondary N) is 1. The molecule has 1 aliphatic heterocycles. The molecule has 158 valence electrons. The molecule has 2 aromatic heterocycles. The first-order valence-corrected chi connectivity index (χ1v) is 12.3. The monoisotopic (exact) mass is 425 g/mol. The second-order valence-electron chi connectivity index (χ2n) is 7.74. The SMILES string of the molecule is CCc1ccccc1CNc1nc(N2CCC(S(C)(=O)=O)CC2)nc2ncccc12. The van der Waals surface area contributed by atoms with Gasteiger partial charge in [-0.25, -0.2) is 13.4 Å². The highest BCUT2D eigenvalue weighted by atomic mass is 32.2. The second-order valence-corrected chi connectivity index (χ2v) is 10.1. The maximum atomic E-state index is 11.9. The fourth-order valence-corrected chi connectivity index (χ4v) is 5.03. The number of aryl methyl sites for hydroxylation is 1. The van der Waals surface area contributed by atoms with E-state index >= 15 is 0 Å². The average Bonchev–Trinajstić information content (AvgIpc) is 2.77. The molecule has 1 saturated heterocycles. The Morgan fingerprint density at radius 2 is 1.80 bits per heavy atom. The van der Waals surface area contributed by atoms with E-state index in [1.54, 1.807) is 6.20 Å². The van der Waals surface area contributed by atoms with Gasteiger partial charge in [-0.3, -0.25) is 0 Å². The average molecular weight is 426 g/mol. The van der Waals surface area contributed by atoms with E-state index in [1.807, 2.05) is 18.2 Å². The molecule has 0 unspecified atom stereocenters. The van der Waals surface area contributed by atoms with Crippen molar-refractivity contribution < 1.29 is 8.42 Å². The molecule has 8 heteroatoms. The molecule has 4 rings (SSSR count). The first kappa shape index (κ1) is 20.5. The molecule has 1 aliphatic rings. The van der Waals surface area contributed by atoms with E-state index in [-0.39, 0.29) is 5.25 Å². The van der Waals surface area contributed by atoms with E-state index in [2.05, 4.69) is 45.3 Å². The van der Waals surface area contributed by atoms with Crippen molar-refractivity contribution >= 4 is 32.6 Å².